The first kappa shape index (κ1) is 16.2. The number of ether oxygens (including phenoxy) is 2. The summed E-state index contributed by atoms with van der Waals surface area (Å²) < 4.78 is 52.2. The Morgan fingerprint density at radius 3 is 2.67 bits per heavy atom. The summed E-state index contributed by atoms with van der Waals surface area (Å²) in [6.07, 6.45) is -3.08. The second-order valence-electron chi connectivity index (χ2n) is 4.77. The van der Waals surface area contributed by atoms with Crippen molar-refractivity contribution in [2.45, 2.75) is 38.1 Å². The van der Waals surface area contributed by atoms with Crippen molar-refractivity contribution in [2.24, 2.45) is 0 Å². The lowest BCUT2D eigenvalue weighted by Crippen LogP contribution is -2.37. The van der Waals surface area contributed by atoms with E-state index >= 15 is 0 Å². The fourth-order valence-electron chi connectivity index (χ4n) is 2.23. The number of hydrogen-bond donors (Lipinski definition) is 1. The van der Waals surface area contributed by atoms with Crippen LogP contribution in [0.1, 0.15) is 31.5 Å². The third-order valence-electron chi connectivity index (χ3n) is 3.20. The largest absolute Gasteiger partial charge is 0.401 e. The van der Waals surface area contributed by atoms with Crippen molar-refractivity contribution in [3.05, 3.63) is 11.7 Å². The van der Waals surface area contributed by atoms with Crippen LogP contribution in [0, 0.1) is 0 Å². The fraction of sp³-hybridized carbons (Fsp3) is 0.833. The third kappa shape index (κ3) is 4.39. The van der Waals surface area contributed by atoms with Crippen LogP contribution in [0.3, 0.4) is 0 Å². The molecule has 1 saturated heterocycles. The average molecular weight is 309 g/mol. The molecule has 0 unspecified atom stereocenters. The molecule has 1 N–H and O–H groups in total. The van der Waals surface area contributed by atoms with E-state index in [-0.39, 0.29) is 12.4 Å². The van der Waals surface area contributed by atoms with Gasteiger partial charge in [-0.15, -0.1) is 0 Å². The number of hydrogen-bond acceptors (Lipinski definition) is 6. The molecule has 0 atom stereocenters. The summed E-state index contributed by atoms with van der Waals surface area (Å²) >= 11 is 0. The van der Waals surface area contributed by atoms with E-state index in [1.165, 1.54) is 0 Å². The fourth-order valence-corrected chi connectivity index (χ4v) is 2.23. The molecule has 1 fully saturated rings. The van der Waals surface area contributed by atoms with Crippen LogP contribution in [0.25, 0.3) is 0 Å². The summed E-state index contributed by atoms with van der Waals surface area (Å²) in [6, 6.07) is 0. The van der Waals surface area contributed by atoms with E-state index in [0.717, 1.165) is 0 Å². The van der Waals surface area contributed by atoms with Crippen molar-refractivity contribution in [3.8, 4) is 0 Å². The molecule has 0 radical (unpaired) electrons. The highest BCUT2D eigenvalue weighted by atomic mass is 19.4. The highest BCUT2D eigenvalue weighted by Gasteiger charge is 2.39. The molecule has 0 aromatic carbocycles. The van der Waals surface area contributed by atoms with Crippen molar-refractivity contribution in [2.75, 3.05) is 26.4 Å². The molecule has 21 heavy (non-hydrogen) atoms. The average Bonchev–Trinajstić information content (AvgIpc) is 2.88. The molecular formula is C12H18F3N3O3. The van der Waals surface area contributed by atoms with Crippen LogP contribution in [0.15, 0.2) is 4.52 Å². The van der Waals surface area contributed by atoms with E-state index in [1.54, 1.807) is 0 Å². The zero-order chi connectivity index (χ0) is 15.3. The summed E-state index contributed by atoms with van der Waals surface area (Å²) in [7, 11) is 0. The monoisotopic (exact) mass is 309 g/mol. The maximum absolute atomic E-state index is 12.1. The minimum atomic E-state index is -4.27. The molecule has 1 aromatic heterocycles. The Hall–Kier alpha value is -1.19. The van der Waals surface area contributed by atoms with Crippen LogP contribution in [0.2, 0.25) is 0 Å². The van der Waals surface area contributed by atoms with Gasteiger partial charge in [0, 0.05) is 32.7 Å². The van der Waals surface area contributed by atoms with Gasteiger partial charge in [0.25, 0.3) is 0 Å². The maximum Gasteiger partial charge on any atom is 0.401 e. The zero-order valence-corrected chi connectivity index (χ0v) is 11.7. The van der Waals surface area contributed by atoms with Gasteiger partial charge in [-0.3, -0.25) is 0 Å². The van der Waals surface area contributed by atoms with Gasteiger partial charge in [0.2, 0.25) is 11.7 Å². The Bertz CT molecular complexity index is 439. The molecule has 1 aliphatic rings. The van der Waals surface area contributed by atoms with Gasteiger partial charge >= 0.3 is 6.18 Å². The van der Waals surface area contributed by atoms with Crippen molar-refractivity contribution >= 4 is 0 Å². The molecule has 120 valence electrons. The molecule has 0 aliphatic carbocycles. The van der Waals surface area contributed by atoms with E-state index < -0.39 is 18.3 Å². The Labute approximate surface area is 120 Å². The molecule has 1 aliphatic heterocycles. The Morgan fingerprint density at radius 2 is 2.05 bits per heavy atom. The highest BCUT2D eigenvalue weighted by molar-refractivity contribution is 5.03. The van der Waals surface area contributed by atoms with Gasteiger partial charge in [0.1, 0.15) is 5.60 Å². The van der Waals surface area contributed by atoms with E-state index in [9.17, 15) is 13.2 Å². The summed E-state index contributed by atoms with van der Waals surface area (Å²) in [5.74, 6) is 0.483. The third-order valence-corrected chi connectivity index (χ3v) is 3.20. The number of alkyl halides is 3. The molecule has 0 saturated carbocycles. The van der Waals surface area contributed by atoms with Gasteiger partial charge in [0.05, 0.1) is 13.1 Å². The smallest absolute Gasteiger partial charge is 0.381 e. The quantitative estimate of drug-likeness (QED) is 0.863. The minimum Gasteiger partial charge on any atom is -0.381 e. The van der Waals surface area contributed by atoms with Crippen LogP contribution >= 0.6 is 0 Å². The molecule has 1 aromatic rings. The number of aromatic nitrogens is 2. The zero-order valence-electron chi connectivity index (χ0n) is 11.7. The van der Waals surface area contributed by atoms with E-state index in [2.05, 4.69) is 15.5 Å². The molecule has 2 heterocycles. The highest BCUT2D eigenvalue weighted by Crippen LogP contribution is 2.34. The topological polar surface area (TPSA) is 69.4 Å². The van der Waals surface area contributed by atoms with E-state index in [0.29, 0.717) is 38.5 Å². The molecule has 0 amide bonds. The number of nitrogens with zero attached hydrogens (tertiary/aromatic N) is 2. The first-order chi connectivity index (χ1) is 9.95. The number of rotatable bonds is 6. The Morgan fingerprint density at radius 1 is 1.33 bits per heavy atom. The lowest BCUT2D eigenvalue weighted by Gasteiger charge is -2.33. The van der Waals surface area contributed by atoms with Crippen molar-refractivity contribution in [1.82, 2.24) is 15.5 Å². The van der Waals surface area contributed by atoms with Crippen LogP contribution in [-0.2, 0) is 21.6 Å². The maximum atomic E-state index is 12.1. The molecule has 6 nitrogen and oxygen atoms in total. The first-order valence-corrected chi connectivity index (χ1v) is 6.77. The molecule has 0 spiro atoms. The van der Waals surface area contributed by atoms with Gasteiger partial charge in [-0.25, -0.2) is 0 Å². The predicted molar refractivity (Wildman–Crippen MR) is 65.4 cm³/mol. The first-order valence-electron chi connectivity index (χ1n) is 6.77. The summed E-state index contributed by atoms with van der Waals surface area (Å²) in [6.45, 7) is 2.16. The molecular weight excluding hydrogens is 291 g/mol. The minimum absolute atomic E-state index is 0.111. The van der Waals surface area contributed by atoms with Gasteiger partial charge in [-0.05, 0) is 6.92 Å². The van der Waals surface area contributed by atoms with Crippen LogP contribution in [0.5, 0.6) is 0 Å². The van der Waals surface area contributed by atoms with Crippen molar-refractivity contribution < 1.29 is 27.2 Å². The second-order valence-corrected chi connectivity index (χ2v) is 4.77. The molecule has 2 rings (SSSR count). The molecule has 0 bridgehead atoms. The summed E-state index contributed by atoms with van der Waals surface area (Å²) in [5.41, 5.74) is -0.668. The normalized spacial score (nSPS) is 18.9. The van der Waals surface area contributed by atoms with Crippen LogP contribution in [-0.4, -0.2) is 42.7 Å². The number of nitrogens with one attached hydrogen (secondary N) is 1. The lowest BCUT2D eigenvalue weighted by atomic mass is 9.93. The Balaban J connectivity index is 1.99. The summed E-state index contributed by atoms with van der Waals surface area (Å²) in [5, 5.41) is 6.07. The summed E-state index contributed by atoms with van der Waals surface area (Å²) in [4.78, 5) is 4.16. The Kier molecular flexibility index (Phi) is 5.17. The van der Waals surface area contributed by atoms with Crippen molar-refractivity contribution in [1.29, 1.82) is 0 Å². The van der Waals surface area contributed by atoms with Crippen LogP contribution in [0.4, 0.5) is 13.2 Å². The SMILES string of the molecule is CCOC1(c2noc(CNCC(F)(F)F)n2)CCOCC1. The lowest BCUT2D eigenvalue weighted by molar-refractivity contribution is -0.125. The standard InChI is InChI=1S/C12H18F3N3O3/c1-2-20-11(3-5-19-6-4-11)10-17-9(21-18-10)7-16-8-12(13,14)15/h16H,2-8H2,1H3. The van der Waals surface area contributed by atoms with Crippen LogP contribution < -0.4 is 5.32 Å². The van der Waals surface area contributed by atoms with E-state index in [1.807, 2.05) is 6.92 Å². The van der Waals surface area contributed by atoms with Gasteiger partial charge in [-0.1, -0.05) is 5.16 Å². The van der Waals surface area contributed by atoms with E-state index in [4.69, 9.17) is 14.0 Å². The molecule has 9 heteroatoms. The van der Waals surface area contributed by atoms with Gasteiger partial charge < -0.3 is 19.3 Å². The van der Waals surface area contributed by atoms with Gasteiger partial charge in [-0.2, -0.15) is 18.2 Å². The number of halogens is 3. The predicted octanol–water partition coefficient (Wildman–Crippen LogP) is 1.76. The van der Waals surface area contributed by atoms with Crippen molar-refractivity contribution in [3.63, 3.8) is 0 Å². The second kappa shape index (κ2) is 6.71. The van der Waals surface area contributed by atoms with Gasteiger partial charge in [0.15, 0.2) is 0 Å².